The molecule has 0 radical (unpaired) electrons. The van der Waals surface area contributed by atoms with E-state index in [2.05, 4.69) is 4.74 Å². The van der Waals surface area contributed by atoms with Gasteiger partial charge in [0.2, 0.25) is 0 Å². The Morgan fingerprint density at radius 2 is 2.00 bits per heavy atom. The average molecular weight is 205 g/mol. The van der Waals surface area contributed by atoms with Gasteiger partial charge in [0.1, 0.15) is 6.04 Å². The summed E-state index contributed by atoms with van der Waals surface area (Å²) in [6.45, 7) is 4.99. The third-order valence-electron chi connectivity index (χ3n) is 1.48. The molecule has 5 nitrogen and oxygen atoms in total. The van der Waals surface area contributed by atoms with Crippen LogP contribution < -0.4 is 5.73 Å². The molecule has 0 fully saturated rings. The summed E-state index contributed by atoms with van der Waals surface area (Å²) >= 11 is 0. The molecule has 0 saturated carbocycles. The molecule has 0 aromatic carbocycles. The van der Waals surface area contributed by atoms with Crippen molar-refractivity contribution in [3.63, 3.8) is 0 Å². The van der Waals surface area contributed by atoms with E-state index in [0.717, 1.165) is 0 Å². The molecule has 84 valence electrons. The van der Waals surface area contributed by atoms with E-state index in [1.165, 1.54) is 7.11 Å². The van der Waals surface area contributed by atoms with Crippen molar-refractivity contribution < 1.29 is 19.0 Å². The van der Waals surface area contributed by atoms with Crippen LogP contribution in [0, 0.1) is 0 Å². The van der Waals surface area contributed by atoms with Gasteiger partial charge in [-0.1, -0.05) is 0 Å². The molecule has 0 spiro atoms. The van der Waals surface area contributed by atoms with E-state index in [9.17, 15) is 4.79 Å². The van der Waals surface area contributed by atoms with Gasteiger partial charge in [-0.05, 0) is 13.8 Å². The second-order valence-electron chi connectivity index (χ2n) is 3.12. The predicted octanol–water partition coefficient (Wildman–Crippen LogP) is -0.0717. The third-order valence-corrected chi connectivity index (χ3v) is 1.48. The van der Waals surface area contributed by atoms with Crippen LogP contribution in [0.2, 0.25) is 0 Å². The first kappa shape index (κ1) is 13.4. The molecule has 14 heavy (non-hydrogen) atoms. The number of rotatable bonds is 7. The highest BCUT2D eigenvalue weighted by Crippen LogP contribution is 1.89. The molecule has 0 aromatic rings. The van der Waals surface area contributed by atoms with Crippen LogP contribution >= 0.6 is 0 Å². The molecule has 0 rings (SSSR count). The number of hydrogen-bond acceptors (Lipinski definition) is 5. The molecular weight excluding hydrogens is 186 g/mol. The maximum atomic E-state index is 10.8. The van der Waals surface area contributed by atoms with Crippen LogP contribution in [0.25, 0.3) is 0 Å². The van der Waals surface area contributed by atoms with Crippen molar-refractivity contribution in [3.05, 3.63) is 0 Å². The lowest BCUT2D eigenvalue weighted by Gasteiger charge is -2.11. The molecule has 0 saturated heterocycles. The minimum absolute atomic E-state index is 0.161. The second-order valence-corrected chi connectivity index (χ2v) is 3.12. The van der Waals surface area contributed by atoms with Crippen LogP contribution in [0.1, 0.15) is 13.8 Å². The van der Waals surface area contributed by atoms with Crippen LogP contribution in [0.4, 0.5) is 0 Å². The van der Waals surface area contributed by atoms with Crippen molar-refractivity contribution in [1.29, 1.82) is 0 Å². The van der Waals surface area contributed by atoms with Crippen molar-refractivity contribution in [2.24, 2.45) is 5.73 Å². The number of carbonyl (C=O) groups is 1. The summed E-state index contributed by atoms with van der Waals surface area (Å²) in [5.41, 5.74) is 5.43. The van der Waals surface area contributed by atoms with E-state index in [1.54, 1.807) is 0 Å². The Bertz CT molecular complexity index is 161. The summed E-state index contributed by atoms with van der Waals surface area (Å²) in [6, 6.07) is -0.709. The highest BCUT2D eigenvalue weighted by molar-refractivity contribution is 5.75. The van der Waals surface area contributed by atoms with Gasteiger partial charge in [-0.2, -0.15) is 0 Å². The number of nitrogens with two attached hydrogens (primary N) is 1. The molecule has 0 aliphatic heterocycles. The van der Waals surface area contributed by atoms with Gasteiger partial charge in [-0.25, -0.2) is 0 Å². The van der Waals surface area contributed by atoms with E-state index < -0.39 is 12.0 Å². The highest BCUT2D eigenvalue weighted by atomic mass is 16.5. The molecule has 0 bridgehead atoms. The summed E-state index contributed by atoms with van der Waals surface area (Å²) in [6.07, 6.45) is 0.188. The summed E-state index contributed by atoms with van der Waals surface area (Å²) in [5.74, 6) is -0.463. The van der Waals surface area contributed by atoms with Gasteiger partial charge < -0.3 is 19.9 Å². The summed E-state index contributed by atoms with van der Waals surface area (Å²) in [7, 11) is 1.30. The topological polar surface area (TPSA) is 70.8 Å². The fourth-order valence-corrected chi connectivity index (χ4v) is 0.772. The number of carbonyl (C=O) groups excluding carboxylic acids is 1. The van der Waals surface area contributed by atoms with E-state index >= 15 is 0 Å². The molecule has 0 heterocycles. The normalized spacial score (nSPS) is 12.9. The van der Waals surface area contributed by atoms with E-state index in [1.807, 2.05) is 13.8 Å². The third kappa shape index (κ3) is 6.82. The lowest BCUT2D eigenvalue weighted by Crippen LogP contribution is -2.36. The number of ether oxygens (including phenoxy) is 3. The zero-order chi connectivity index (χ0) is 11.0. The fraction of sp³-hybridized carbons (Fsp3) is 0.889. The molecular formula is C9H19NO4. The SMILES string of the molecule is COC(=O)C(N)COCCOC(C)C. The van der Waals surface area contributed by atoms with E-state index in [4.69, 9.17) is 15.2 Å². The maximum Gasteiger partial charge on any atom is 0.325 e. The van der Waals surface area contributed by atoms with Gasteiger partial charge in [-0.3, -0.25) is 4.79 Å². The summed E-state index contributed by atoms with van der Waals surface area (Å²) in [4.78, 5) is 10.8. The van der Waals surface area contributed by atoms with E-state index in [0.29, 0.717) is 13.2 Å². The predicted molar refractivity (Wildman–Crippen MR) is 51.9 cm³/mol. The maximum absolute atomic E-state index is 10.8. The van der Waals surface area contributed by atoms with Crippen LogP contribution in [0.5, 0.6) is 0 Å². The molecule has 1 atom stereocenters. The molecule has 5 heteroatoms. The zero-order valence-corrected chi connectivity index (χ0v) is 8.99. The summed E-state index contributed by atoms with van der Waals surface area (Å²) in [5, 5.41) is 0. The molecule has 0 amide bonds. The minimum atomic E-state index is -0.709. The van der Waals surface area contributed by atoms with Gasteiger partial charge in [0.25, 0.3) is 0 Å². The van der Waals surface area contributed by atoms with Gasteiger partial charge >= 0.3 is 5.97 Å². The first-order chi connectivity index (χ1) is 6.57. The first-order valence-corrected chi connectivity index (χ1v) is 4.60. The zero-order valence-electron chi connectivity index (χ0n) is 8.99. The molecule has 0 aromatic heterocycles. The second kappa shape index (κ2) is 7.73. The van der Waals surface area contributed by atoms with Crippen molar-refractivity contribution in [2.75, 3.05) is 26.9 Å². The highest BCUT2D eigenvalue weighted by Gasteiger charge is 2.12. The number of methoxy groups -OCH3 is 1. The van der Waals surface area contributed by atoms with Crippen molar-refractivity contribution >= 4 is 5.97 Å². The Balaban J connectivity index is 3.31. The monoisotopic (exact) mass is 205 g/mol. The van der Waals surface area contributed by atoms with Crippen molar-refractivity contribution in [2.45, 2.75) is 26.0 Å². The molecule has 0 aliphatic rings. The minimum Gasteiger partial charge on any atom is -0.468 e. The molecule has 0 aliphatic carbocycles. The Morgan fingerprint density at radius 3 is 2.50 bits per heavy atom. The van der Waals surface area contributed by atoms with E-state index in [-0.39, 0.29) is 12.7 Å². The Morgan fingerprint density at radius 1 is 1.36 bits per heavy atom. The Hall–Kier alpha value is -0.650. The van der Waals surface area contributed by atoms with Gasteiger partial charge in [0, 0.05) is 0 Å². The summed E-state index contributed by atoms with van der Waals surface area (Å²) < 4.78 is 14.8. The van der Waals surface area contributed by atoms with Crippen molar-refractivity contribution in [1.82, 2.24) is 0 Å². The average Bonchev–Trinajstić information content (AvgIpc) is 2.15. The van der Waals surface area contributed by atoms with Gasteiger partial charge in [0.15, 0.2) is 0 Å². The Kier molecular flexibility index (Phi) is 7.37. The van der Waals surface area contributed by atoms with Gasteiger partial charge in [0.05, 0.1) is 33.0 Å². The van der Waals surface area contributed by atoms with Crippen LogP contribution in [0.3, 0.4) is 0 Å². The quantitative estimate of drug-likeness (QED) is 0.465. The lowest BCUT2D eigenvalue weighted by atomic mass is 10.3. The molecule has 2 N–H and O–H groups in total. The lowest BCUT2D eigenvalue weighted by molar-refractivity contribution is -0.143. The standard InChI is InChI=1S/C9H19NO4/c1-7(2)14-5-4-13-6-8(10)9(11)12-3/h7-8H,4-6,10H2,1-3H3. The Labute approximate surface area is 84.5 Å². The van der Waals surface area contributed by atoms with Crippen LogP contribution in [-0.4, -0.2) is 45.0 Å². The van der Waals surface area contributed by atoms with Crippen molar-refractivity contribution in [3.8, 4) is 0 Å². The van der Waals surface area contributed by atoms with Crippen LogP contribution in [0.15, 0.2) is 0 Å². The molecule has 1 unspecified atom stereocenters. The fourth-order valence-electron chi connectivity index (χ4n) is 0.772. The largest absolute Gasteiger partial charge is 0.468 e. The van der Waals surface area contributed by atoms with Crippen LogP contribution in [-0.2, 0) is 19.0 Å². The first-order valence-electron chi connectivity index (χ1n) is 4.60. The number of esters is 1. The smallest absolute Gasteiger partial charge is 0.325 e. The number of hydrogen-bond donors (Lipinski definition) is 1. The van der Waals surface area contributed by atoms with Gasteiger partial charge in [-0.15, -0.1) is 0 Å².